The SMILES string of the molecule is CNC(=O)Nc1ccc(C2(C(=O)N3CCN(c4ccccc4)CC3)CCC2)cc1. The molecule has 1 aliphatic carbocycles. The van der Waals surface area contributed by atoms with Crippen molar-refractivity contribution in [3.8, 4) is 0 Å². The van der Waals surface area contributed by atoms with E-state index in [9.17, 15) is 9.59 Å². The van der Waals surface area contributed by atoms with Gasteiger partial charge in [0.05, 0.1) is 5.41 Å². The van der Waals surface area contributed by atoms with Crippen LogP contribution in [-0.2, 0) is 10.2 Å². The summed E-state index contributed by atoms with van der Waals surface area (Å²) in [5.41, 5.74) is 2.60. The van der Waals surface area contributed by atoms with Gasteiger partial charge in [0.2, 0.25) is 5.91 Å². The van der Waals surface area contributed by atoms with Crippen LogP contribution in [0.2, 0.25) is 0 Å². The summed E-state index contributed by atoms with van der Waals surface area (Å²) in [6.45, 7) is 3.24. The van der Waals surface area contributed by atoms with Gasteiger partial charge in [0.15, 0.2) is 0 Å². The molecule has 29 heavy (non-hydrogen) atoms. The predicted octanol–water partition coefficient (Wildman–Crippen LogP) is 3.21. The van der Waals surface area contributed by atoms with Gasteiger partial charge in [-0.1, -0.05) is 36.8 Å². The Morgan fingerprint density at radius 3 is 2.10 bits per heavy atom. The molecule has 1 saturated heterocycles. The Morgan fingerprint density at radius 2 is 1.55 bits per heavy atom. The van der Waals surface area contributed by atoms with Gasteiger partial charge in [-0.2, -0.15) is 0 Å². The first-order valence-electron chi connectivity index (χ1n) is 10.3. The number of anilines is 2. The minimum atomic E-state index is -0.402. The van der Waals surface area contributed by atoms with Crippen LogP contribution in [0, 0.1) is 0 Å². The van der Waals surface area contributed by atoms with E-state index < -0.39 is 5.41 Å². The van der Waals surface area contributed by atoms with Crippen molar-refractivity contribution in [2.75, 3.05) is 43.4 Å². The molecular weight excluding hydrogens is 364 g/mol. The monoisotopic (exact) mass is 392 g/mol. The summed E-state index contributed by atoms with van der Waals surface area (Å²) in [5.74, 6) is 0.253. The number of para-hydroxylation sites is 1. The standard InChI is InChI=1S/C23H28N4O2/c1-24-22(29)25-19-10-8-18(9-11-19)23(12-5-13-23)21(28)27-16-14-26(15-17-27)20-6-3-2-4-7-20/h2-4,6-11H,5,12-17H2,1H3,(H2,24,25,29). The van der Waals surface area contributed by atoms with Crippen molar-refractivity contribution >= 4 is 23.3 Å². The summed E-state index contributed by atoms with van der Waals surface area (Å²) in [6, 6.07) is 17.9. The van der Waals surface area contributed by atoms with Crippen molar-refractivity contribution in [2.24, 2.45) is 0 Å². The Labute approximate surface area is 171 Å². The number of nitrogens with one attached hydrogen (secondary N) is 2. The normalized spacial score (nSPS) is 18.0. The zero-order valence-electron chi connectivity index (χ0n) is 16.9. The Hall–Kier alpha value is -3.02. The fourth-order valence-corrected chi connectivity index (χ4v) is 4.33. The summed E-state index contributed by atoms with van der Waals surface area (Å²) in [4.78, 5) is 29.4. The third-order valence-corrected chi connectivity index (χ3v) is 6.23. The maximum atomic E-state index is 13.5. The van der Waals surface area contributed by atoms with Crippen LogP contribution in [0.15, 0.2) is 54.6 Å². The van der Waals surface area contributed by atoms with Crippen LogP contribution < -0.4 is 15.5 Å². The molecule has 0 atom stereocenters. The second kappa shape index (κ2) is 8.15. The lowest BCUT2D eigenvalue weighted by atomic mass is 9.63. The van der Waals surface area contributed by atoms with E-state index in [-0.39, 0.29) is 11.9 Å². The van der Waals surface area contributed by atoms with Crippen molar-refractivity contribution in [3.63, 3.8) is 0 Å². The lowest BCUT2D eigenvalue weighted by Crippen LogP contribution is -2.56. The van der Waals surface area contributed by atoms with E-state index in [4.69, 9.17) is 0 Å². The van der Waals surface area contributed by atoms with Gasteiger partial charge in [-0.3, -0.25) is 4.79 Å². The zero-order valence-corrected chi connectivity index (χ0v) is 16.9. The summed E-state index contributed by atoms with van der Waals surface area (Å²) >= 11 is 0. The Bertz CT molecular complexity index is 854. The van der Waals surface area contributed by atoms with Crippen molar-refractivity contribution in [1.82, 2.24) is 10.2 Å². The number of urea groups is 1. The lowest BCUT2D eigenvalue weighted by molar-refractivity contribution is -0.141. The molecule has 1 aliphatic heterocycles. The van der Waals surface area contributed by atoms with E-state index >= 15 is 0 Å². The number of benzene rings is 2. The number of carbonyl (C=O) groups excluding carboxylic acids is 2. The van der Waals surface area contributed by atoms with Gasteiger partial charge in [-0.05, 0) is 42.7 Å². The van der Waals surface area contributed by atoms with E-state index in [2.05, 4.69) is 39.8 Å². The number of carbonyl (C=O) groups is 2. The third kappa shape index (κ3) is 3.79. The highest BCUT2D eigenvalue weighted by molar-refractivity contribution is 5.91. The molecule has 0 bridgehead atoms. The van der Waals surface area contributed by atoms with E-state index in [0.717, 1.165) is 56.7 Å². The molecule has 2 N–H and O–H groups in total. The highest BCUT2D eigenvalue weighted by Crippen LogP contribution is 2.45. The van der Waals surface area contributed by atoms with Gasteiger partial charge in [0.25, 0.3) is 0 Å². The van der Waals surface area contributed by atoms with Gasteiger partial charge >= 0.3 is 6.03 Å². The van der Waals surface area contributed by atoms with Gasteiger partial charge in [-0.25, -0.2) is 4.79 Å². The smallest absolute Gasteiger partial charge is 0.318 e. The second-order valence-electron chi connectivity index (χ2n) is 7.83. The Balaban J connectivity index is 1.44. The summed E-state index contributed by atoms with van der Waals surface area (Å²) in [7, 11) is 1.59. The van der Waals surface area contributed by atoms with Gasteiger partial charge < -0.3 is 20.4 Å². The molecule has 0 aromatic heterocycles. The average Bonchev–Trinajstić information content (AvgIpc) is 2.74. The fourth-order valence-electron chi connectivity index (χ4n) is 4.33. The Morgan fingerprint density at radius 1 is 0.897 bits per heavy atom. The molecule has 6 heteroatoms. The number of amides is 3. The maximum Gasteiger partial charge on any atom is 0.318 e. The molecule has 6 nitrogen and oxygen atoms in total. The number of hydrogen-bond acceptors (Lipinski definition) is 3. The van der Waals surface area contributed by atoms with Crippen molar-refractivity contribution in [3.05, 3.63) is 60.2 Å². The first-order chi connectivity index (χ1) is 14.1. The van der Waals surface area contributed by atoms with E-state index in [0.29, 0.717) is 0 Å². The highest BCUT2D eigenvalue weighted by Gasteiger charge is 2.47. The number of piperazine rings is 1. The lowest BCUT2D eigenvalue weighted by Gasteiger charge is -2.46. The first kappa shape index (κ1) is 19.3. The first-order valence-corrected chi connectivity index (χ1v) is 10.3. The molecule has 2 aliphatic rings. The third-order valence-electron chi connectivity index (χ3n) is 6.23. The van der Waals surface area contributed by atoms with Crippen LogP contribution in [0.5, 0.6) is 0 Å². The molecule has 4 rings (SSSR count). The molecule has 2 aromatic rings. The van der Waals surface area contributed by atoms with Crippen molar-refractivity contribution in [2.45, 2.75) is 24.7 Å². The minimum absolute atomic E-state index is 0.247. The van der Waals surface area contributed by atoms with Gasteiger partial charge in [0, 0.05) is 44.6 Å². The molecule has 0 spiro atoms. The van der Waals surface area contributed by atoms with E-state index in [1.54, 1.807) is 7.05 Å². The molecule has 2 fully saturated rings. The minimum Gasteiger partial charge on any atom is -0.368 e. The van der Waals surface area contributed by atoms with E-state index in [1.807, 2.05) is 35.2 Å². The zero-order chi connectivity index (χ0) is 20.3. The number of nitrogens with zero attached hydrogens (tertiary/aromatic N) is 2. The van der Waals surface area contributed by atoms with Crippen LogP contribution in [0.4, 0.5) is 16.2 Å². The molecule has 1 heterocycles. The Kier molecular flexibility index (Phi) is 5.43. The van der Waals surface area contributed by atoms with Crippen molar-refractivity contribution < 1.29 is 9.59 Å². The molecule has 152 valence electrons. The van der Waals surface area contributed by atoms with Gasteiger partial charge in [0.1, 0.15) is 0 Å². The van der Waals surface area contributed by atoms with Crippen molar-refractivity contribution in [1.29, 1.82) is 0 Å². The molecule has 2 aromatic carbocycles. The van der Waals surface area contributed by atoms with Crippen LogP contribution >= 0.6 is 0 Å². The molecule has 3 amide bonds. The van der Waals surface area contributed by atoms with Crippen LogP contribution in [0.1, 0.15) is 24.8 Å². The largest absolute Gasteiger partial charge is 0.368 e. The van der Waals surface area contributed by atoms with E-state index in [1.165, 1.54) is 5.69 Å². The fraction of sp³-hybridized carbons (Fsp3) is 0.391. The van der Waals surface area contributed by atoms with Crippen LogP contribution in [0.25, 0.3) is 0 Å². The molecule has 0 radical (unpaired) electrons. The molecule has 1 saturated carbocycles. The predicted molar refractivity (Wildman–Crippen MR) is 115 cm³/mol. The summed E-state index contributed by atoms with van der Waals surface area (Å²) in [6.07, 6.45) is 2.87. The van der Waals surface area contributed by atoms with Crippen LogP contribution in [-0.4, -0.2) is 50.1 Å². The van der Waals surface area contributed by atoms with Gasteiger partial charge in [-0.15, -0.1) is 0 Å². The quantitative estimate of drug-likeness (QED) is 0.840. The number of rotatable bonds is 4. The number of hydrogen-bond donors (Lipinski definition) is 2. The molecule has 0 unspecified atom stereocenters. The highest BCUT2D eigenvalue weighted by atomic mass is 16.2. The maximum absolute atomic E-state index is 13.5. The summed E-state index contributed by atoms with van der Waals surface area (Å²) in [5, 5.41) is 5.31. The second-order valence-corrected chi connectivity index (χ2v) is 7.83. The summed E-state index contributed by atoms with van der Waals surface area (Å²) < 4.78 is 0. The average molecular weight is 393 g/mol. The molecular formula is C23H28N4O2. The van der Waals surface area contributed by atoms with Crippen LogP contribution in [0.3, 0.4) is 0 Å². The topological polar surface area (TPSA) is 64.7 Å².